The molecule has 0 amide bonds. The van der Waals surface area contributed by atoms with Gasteiger partial charge in [0.2, 0.25) is 0 Å². The second kappa shape index (κ2) is 40.3. The average molecular weight is 1740 g/mol. The van der Waals surface area contributed by atoms with Crippen LogP contribution < -0.4 is 44.2 Å². The Morgan fingerprint density at radius 2 is 0.393 bits per heavy atom. The number of hydrogen-bond acceptors (Lipinski definition) is 14. The minimum Gasteiger partial charge on any atom is -0.560 e. The Bertz CT molecular complexity index is 5450. The molecule has 616 valence electrons. The third-order valence-electron chi connectivity index (χ3n) is 20.9. The Labute approximate surface area is 732 Å². The number of rotatable bonds is 18. The zero-order valence-electron chi connectivity index (χ0n) is 67.9. The summed E-state index contributed by atoms with van der Waals surface area (Å²) in [4.78, 5) is 11.1. The molecule has 0 saturated heterocycles. The van der Waals surface area contributed by atoms with Gasteiger partial charge in [-0.15, -0.1) is 0 Å². The van der Waals surface area contributed by atoms with Crippen molar-refractivity contribution in [2.45, 2.75) is 62.2 Å². The summed E-state index contributed by atoms with van der Waals surface area (Å²) in [5.41, 5.74) is 9.44. The van der Waals surface area contributed by atoms with Crippen LogP contribution in [0.2, 0.25) is 0 Å². The molecule has 0 aliphatic heterocycles. The van der Waals surface area contributed by atoms with Crippen molar-refractivity contribution in [1.29, 1.82) is 0 Å². The van der Waals surface area contributed by atoms with E-state index in [1.165, 1.54) is 24.3 Å². The van der Waals surface area contributed by atoms with Gasteiger partial charge in [0.15, 0.2) is 0 Å². The second-order valence-corrected chi connectivity index (χ2v) is 33.4. The van der Waals surface area contributed by atoms with Crippen molar-refractivity contribution in [2.24, 2.45) is 0 Å². The Hall–Kier alpha value is -13.2. The minimum atomic E-state index is -3.82. The molecule has 10 heterocycles. The zero-order valence-corrected chi connectivity index (χ0v) is 71.6. The standard InChI is InChI=1S/2C29H25B2N9.2C10H14NO2S.2C6H6.2Co/c2*1-3-12-26(13-4-1)30(37-22-8-18-32-37,38-23-9-19-33-38)28-16-7-17-29(36-28)31(39-24-10-20-34-39,40-25-11-21-35-40)27-14-5-2-6-15-27;2*1-10(2,3)8-4-6-9(7-5-8)14(11,12)13;2*1-2-4-6-5-3-1;;/h2*1-25H;2*4-7H,1-3H3,(H-,11,12,13);2*1-6H;;/q2*-2;2*-1;;;2*+3. The van der Waals surface area contributed by atoms with Crippen LogP contribution in [0.25, 0.3) is 10.3 Å². The zero-order chi connectivity index (χ0) is 84.1. The summed E-state index contributed by atoms with van der Waals surface area (Å²) in [6.07, 6.45) is 22.3. The molecule has 122 heavy (non-hydrogen) atoms. The van der Waals surface area contributed by atoms with E-state index in [0.29, 0.717) is 0 Å². The monoisotopic (exact) mass is 1740 g/mol. The van der Waals surface area contributed by atoms with E-state index in [2.05, 4.69) is 126 Å². The first-order valence-corrected chi connectivity index (χ1v) is 42.1. The van der Waals surface area contributed by atoms with Crippen LogP contribution >= 0.6 is 0 Å². The fourth-order valence-electron chi connectivity index (χ4n) is 15.2. The first-order chi connectivity index (χ1) is 58.1. The average Bonchev–Trinajstić information content (AvgIpc) is 1.25. The molecule has 10 aromatic heterocycles. The van der Waals surface area contributed by atoms with Gasteiger partial charge in [0, 0.05) is 59.4 Å². The van der Waals surface area contributed by atoms with E-state index < -0.39 is 45.7 Å². The molecule has 24 nitrogen and oxygen atoms in total. The molecule has 18 aromatic rings. The number of aromatic nitrogens is 18. The molecule has 0 bridgehead atoms. The van der Waals surface area contributed by atoms with E-state index in [9.17, 15) is 16.8 Å². The Kier molecular flexibility index (Phi) is 29.6. The van der Waals surface area contributed by atoms with Gasteiger partial charge in [-0.05, 0) is 144 Å². The molecule has 32 heteroatoms. The Morgan fingerprint density at radius 3 is 0.533 bits per heavy atom. The van der Waals surface area contributed by atoms with E-state index in [4.69, 9.17) is 61.0 Å². The van der Waals surface area contributed by atoms with E-state index in [-0.39, 0.29) is 54.2 Å². The van der Waals surface area contributed by atoms with Gasteiger partial charge in [-0.2, -0.15) is 21.9 Å². The van der Waals surface area contributed by atoms with Gasteiger partial charge in [0.1, 0.15) is 0 Å². The van der Waals surface area contributed by atoms with E-state index in [1.54, 1.807) is 73.8 Å². The fraction of sp³-hybridized carbons (Fsp3) is 0.0889. The number of nitrogens with zero attached hydrogens (tertiary/aromatic N) is 18. The molecule has 0 atom stereocenters. The van der Waals surface area contributed by atoms with Crippen molar-refractivity contribution < 1.29 is 50.4 Å². The molecular weight excluding hydrogens is 1650 g/mol. The van der Waals surface area contributed by atoms with Crippen molar-refractivity contribution in [3.8, 4) is 0 Å². The SMILES string of the molecule is CC(C)(C)c1ccc(S([NH-])(=O)=O)cc1.CC(C)(C)c1ccc(S([NH-])(=O)=O)cc1.[Co+3].[Co+3].c1ccc([B-](c2cccc([B-](c3ccccc3)(n3cccn3)n3cccn3)n2)(n2cccn2)n2cccn2)cc1.c1ccc([B-](c2cccc([B-](c3ccccc3)(n3cccn3)n3cccn3)n2)(n2cccn2)n2cccn2)cc1.c1ccccc1.c1ccccc1. The first-order valence-electron chi connectivity index (χ1n) is 39.1. The molecule has 18 rings (SSSR count). The van der Waals surface area contributed by atoms with Crippen molar-refractivity contribution in [3.05, 3.63) is 448 Å². The van der Waals surface area contributed by atoms with E-state index >= 15 is 0 Å². The van der Waals surface area contributed by atoms with Gasteiger partial charge in [-0.3, -0.25) is 0 Å². The molecule has 0 fully saturated rings. The van der Waals surface area contributed by atoms with Gasteiger partial charge in [-0.25, -0.2) is 57.6 Å². The summed E-state index contributed by atoms with van der Waals surface area (Å²) < 4.78 is 59.2. The van der Waals surface area contributed by atoms with Crippen LogP contribution in [0.3, 0.4) is 0 Å². The molecule has 0 spiro atoms. The van der Waals surface area contributed by atoms with Crippen LogP contribution in [0, 0.1) is 0 Å². The van der Waals surface area contributed by atoms with Gasteiger partial charge >= 0.3 is 33.6 Å². The molecule has 0 saturated carbocycles. The predicted molar refractivity (Wildman–Crippen MR) is 482 cm³/mol. The topological polar surface area (TPSA) is 284 Å². The number of pyridine rings is 2. The molecule has 0 unspecified atom stereocenters. The summed E-state index contributed by atoms with van der Waals surface area (Å²) in [7, 11) is -7.63. The van der Waals surface area contributed by atoms with Crippen LogP contribution in [0.15, 0.2) is 437 Å². The van der Waals surface area contributed by atoms with Crippen LogP contribution in [0.1, 0.15) is 52.7 Å². The number of benzene rings is 8. The van der Waals surface area contributed by atoms with E-state index in [1.807, 2.05) is 280 Å². The van der Waals surface area contributed by atoms with Crippen LogP contribution in [-0.4, -0.2) is 130 Å². The van der Waals surface area contributed by atoms with E-state index in [0.717, 1.165) is 55.4 Å². The fourth-order valence-corrected chi connectivity index (χ4v) is 16.2. The van der Waals surface area contributed by atoms with Crippen LogP contribution in [0.4, 0.5) is 0 Å². The number of sulfonamides is 2. The summed E-state index contributed by atoms with van der Waals surface area (Å²) in [6.45, 7) is 12.3. The predicted octanol–water partition coefficient (Wildman–Crippen LogP) is 11.2. The van der Waals surface area contributed by atoms with Gasteiger partial charge in [-0.1, -0.05) is 319 Å². The van der Waals surface area contributed by atoms with Gasteiger partial charge in [0.25, 0.3) is 25.7 Å². The van der Waals surface area contributed by atoms with Gasteiger partial charge in [0.05, 0.1) is 20.0 Å². The molecule has 2 N–H and O–H groups in total. The molecular formula is C90H90B4Co2N20O4S2. The first kappa shape index (κ1) is 89.6. The summed E-state index contributed by atoms with van der Waals surface area (Å²) in [5.74, 6) is 0. The van der Waals surface area contributed by atoms with Crippen molar-refractivity contribution in [3.63, 3.8) is 0 Å². The Morgan fingerprint density at radius 1 is 0.230 bits per heavy atom. The Balaban J connectivity index is 0.000000163. The maximum absolute atomic E-state index is 10.9. The second-order valence-electron chi connectivity index (χ2n) is 30.5. The maximum atomic E-state index is 10.9. The third kappa shape index (κ3) is 19.6. The molecule has 8 aromatic carbocycles. The quantitative estimate of drug-likeness (QED) is 0.0722. The maximum Gasteiger partial charge on any atom is 3.00 e. The normalized spacial score (nSPS) is 11.6. The van der Waals surface area contributed by atoms with Crippen LogP contribution in [-0.2, 0) is 64.4 Å². The smallest absolute Gasteiger partial charge is 0.560 e. The number of hydrogen-bond donors (Lipinski definition) is 0. The van der Waals surface area contributed by atoms with Crippen molar-refractivity contribution in [1.82, 2.24) is 87.5 Å². The van der Waals surface area contributed by atoms with Crippen molar-refractivity contribution >= 4 is 89.9 Å². The minimum absolute atomic E-state index is 0. The van der Waals surface area contributed by atoms with Crippen molar-refractivity contribution in [2.75, 3.05) is 0 Å². The molecule has 0 radical (unpaired) electrons. The summed E-state index contributed by atoms with van der Waals surface area (Å²) >= 11 is 0. The summed E-state index contributed by atoms with van der Waals surface area (Å²) in [5, 5.41) is 51.8. The molecule has 0 aliphatic rings. The van der Waals surface area contributed by atoms with Crippen LogP contribution in [0.5, 0.6) is 0 Å². The van der Waals surface area contributed by atoms with Gasteiger partial charge < -0.3 is 57.0 Å². The summed E-state index contributed by atoms with van der Waals surface area (Å²) in [6, 6.07) is 106. The third-order valence-corrected chi connectivity index (χ3v) is 22.7. The molecule has 0 aliphatic carbocycles. The number of nitrogens with one attached hydrogen (secondary N) is 2. The largest absolute Gasteiger partial charge is 3.00 e.